The van der Waals surface area contributed by atoms with Crippen molar-refractivity contribution in [3.05, 3.63) is 29.8 Å². The molecule has 3 amide bonds. The number of hydrogen-bond donors (Lipinski definition) is 2. The SMILES string of the molecule is O=C(O)c1ccc(NOC(=O)N2C(=O)CCC2=O)cc1. The molecule has 1 aromatic carbocycles. The normalized spacial score (nSPS) is 14.3. The molecule has 0 aromatic heterocycles. The Morgan fingerprint density at radius 1 is 1.10 bits per heavy atom. The first-order valence-electron chi connectivity index (χ1n) is 5.65. The van der Waals surface area contributed by atoms with Crippen LogP contribution < -0.4 is 5.48 Å². The lowest BCUT2D eigenvalue weighted by Crippen LogP contribution is -2.37. The summed E-state index contributed by atoms with van der Waals surface area (Å²) in [5.74, 6) is -2.30. The van der Waals surface area contributed by atoms with Crippen molar-refractivity contribution in [3.8, 4) is 0 Å². The summed E-state index contributed by atoms with van der Waals surface area (Å²) in [4.78, 5) is 49.7. The van der Waals surface area contributed by atoms with Gasteiger partial charge in [-0.3, -0.25) is 9.59 Å². The lowest BCUT2D eigenvalue weighted by atomic mass is 10.2. The molecule has 0 spiro atoms. The molecule has 1 aliphatic heterocycles. The van der Waals surface area contributed by atoms with E-state index >= 15 is 0 Å². The van der Waals surface area contributed by atoms with Crippen LogP contribution in [0, 0.1) is 0 Å². The Balaban J connectivity index is 1.95. The Morgan fingerprint density at radius 2 is 1.65 bits per heavy atom. The van der Waals surface area contributed by atoms with Gasteiger partial charge in [0.05, 0.1) is 11.3 Å². The van der Waals surface area contributed by atoms with E-state index in [0.29, 0.717) is 10.6 Å². The van der Waals surface area contributed by atoms with Crippen LogP contribution in [-0.2, 0) is 14.4 Å². The molecule has 0 atom stereocenters. The summed E-state index contributed by atoms with van der Waals surface area (Å²) >= 11 is 0. The molecule has 1 heterocycles. The quantitative estimate of drug-likeness (QED) is 0.626. The molecule has 2 N–H and O–H groups in total. The molecule has 1 aromatic rings. The summed E-state index contributed by atoms with van der Waals surface area (Å²) < 4.78 is 0. The highest BCUT2D eigenvalue weighted by molar-refractivity contribution is 6.13. The van der Waals surface area contributed by atoms with Crippen LogP contribution in [0.5, 0.6) is 0 Å². The molecule has 0 saturated carbocycles. The Bertz CT molecular complexity index is 564. The van der Waals surface area contributed by atoms with Gasteiger partial charge < -0.3 is 9.94 Å². The van der Waals surface area contributed by atoms with Crippen LogP contribution >= 0.6 is 0 Å². The zero-order valence-electron chi connectivity index (χ0n) is 10.2. The third-order valence-electron chi connectivity index (χ3n) is 2.62. The molecule has 8 nitrogen and oxygen atoms in total. The molecular formula is C12H10N2O6. The summed E-state index contributed by atoms with van der Waals surface area (Å²) in [6.45, 7) is 0. The maximum absolute atomic E-state index is 11.5. The number of benzene rings is 1. The zero-order chi connectivity index (χ0) is 14.7. The molecule has 0 unspecified atom stereocenters. The summed E-state index contributed by atoms with van der Waals surface area (Å²) in [5.41, 5.74) is 2.62. The smallest absolute Gasteiger partial charge is 0.447 e. The highest BCUT2D eigenvalue weighted by atomic mass is 16.7. The van der Waals surface area contributed by atoms with Crippen molar-refractivity contribution < 1.29 is 29.1 Å². The second-order valence-corrected chi connectivity index (χ2v) is 3.98. The first kappa shape index (κ1) is 13.5. The molecule has 104 valence electrons. The van der Waals surface area contributed by atoms with E-state index in [4.69, 9.17) is 5.11 Å². The second-order valence-electron chi connectivity index (χ2n) is 3.98. The number of anilines is 1. The van der Waals surface area contributed by atoms with Crippen molar-refractivity contribution in [1.29, 1.82) is 0 Å². The van der Waals surface area contributed by atoms with E-state index in [1.165, 1.54) is 24.3 Å². The minimum atomic E-state index is -1.11. The third kappa shape index (κ3) is 2.74. The number of likely N-dealkylation sites (tertiary alicyclic amines) is 1. The standard InChI is InChI=1S/C12H10N2O6/c15-9-5-6-10(16)14(9)12(19)20-13-8-3-1-7(2-4-8)11(17)18/h1-4,13H,5-6H2,(H,17,18). The number of carboxylic acids is 1. The van der Waals surface area contributed by atoms with Gasteiger partial charge in [0, 0.05) is 12.8 Å². The molecule has 0 bridgehead atoms. The molecule has 8 heteroatoms. The zero-order valence-corrected chi connectivity index (χ0v) is 10.2. The van der Waals surface area contributed by atoms with Crippen LogP contribution in [0.1, 0.15) is 23.2 Å². The summed E-state index contributed by atoms with van der Waals surface area (Å²) in [6, 6.07) is 5.38. The first-order chi connectivity index (χ1) is 9.49. The van der Waals surface area contributed by atoms with Gasteiger partial charge in [0.15, 0.2) is 0 Å². The molecular weight excluding hydrogens is 268 g/mol. The van der Waals surface area contributed by atoms with E-state index in [2.05, 4.69) is 10.3 Å². The number of imide groups is 3. The number of amides is 3. The molecule has 1 aliphatic rings. The Morgan fingerprint density at radius 3 is 2.15 bits per heavy atom. The highest BCUT2D eigenvalue weighted by Gasteiger charge is 2.36. The van der Waals surface area contributed by atoms with Crippen LogP contribution in [0.25, 0.3) is 0 Å². The maximum atomic E-state index is 11.5. The molecule has 0 radical (unpaired) electrons. The molecule has 20 heavy (non-hydrogen) atoms. The fourth-order valence-electron chi connectivity index (χ4n) is 1.61. The minimum Gasteiger partial charge on any atom is -0.478 e. The van der Waals surface area contributed by atoms with Crippen molar-refractivity contribution in [2.75, 3.05) is 5.48 Å². The summed E-state index contributed by atoms with van der Waals surface area (Å²) in [5, 5.41) is 8.71. The molecule has 2 rings (SSSR count). The Labute approximate surface area is 112 Å². The van der Waals surface area contributed by atoms with Gasteiger partial charge in [-0.25, -0.2) is 15.1 Å². The van der Waals surface area contributed by atoms with Gasteiger partial charge in [0.2, 0.25) is 11.8 Å². The molecule has 1 fully saturated rings. The number of rotatable bonds is 3. The van der Waals surface area contributed by atoms with E-state index in [1.807, 2.05) is 0 Å². The number of carbonyl (C=O) groups is 4. The van der Waals surface area contributed by atoms with Crippen LogP contribution in [-0.4, -0.2) is 33.9 Å². The van der Waals surface area contributed by atoms with Crippen molar-refractivity contribution in [2.45, 2.75) is 12.8 Å². The van der Waals surface area contributed by atoms with E-state index < -0.39 is 23.9 Å². The lowest BCUT2D eigenvalue weighted by molar-refractivity contribution is -0.135. The van der Waals surface area contributed by atoms with E-state index in [1.54, 1.807) is 0 Å². The van der Waals surface area contributed by atoms with Gasteiger partial charge in [-0.2, -0.15) is 4.90 Å². The van der Waals surface area contributed by atoms with Gasteiger partial charge in [0.1, 0.15) is 0 Å². The highest BCUT2D eigenvalue weighted by Crippen LogP contribution is 2.14. The third-order valence-corrected chi connectivity index (χ3v) is 2.62. The number of aromatic carboxylic acids is 1. The number of carbonyl (C=O) groups excluding carboxylic acids is 3. The lowest BCUT2D eigenvalue weighted by Gasteiger charge is -2.12. The summed E-state index contributed by atoms with van der Waals surface area (Å²) in [7, 11) is 0. The maximum Gasteiger partial charge on any atom is 0.447 e. The van der Waals surface area contributed by atoms with Crippen molar-refractivity contribution >= 4 is 29.6 Å². The van der Waals surface area contributed by atoms with Gasteiger partial charge in [-0.15, -0.1) is 0 Å². The van der Waals surface area contributed by atoms with Crippen molar-refractivity contribution in [1.82, 2.24) is 4.90 Å². The summed E-state index contributed by atoms with van der Waals surface area (Å²) in [6.07, 6.45) is -1.14. The number of carboxylic acid groups (broad SMARTS) is 1. The fraction of sp³-hybridized carbons (Fsp3) is 0.167. The second kappa shape index (κ2) is 5.39. The average molecular weight is 278 g/mol. The van der Waals surface area contributed by atoms with Crippen LogP contribution in [0.15, 0.2) is 24.3 Å². The van der Waals surface area contributed by atoms with Crippen LogP contribution in [0.4, 0.5) is 10.5 Å². The van der Waals surface area contributed by atoms with Crippen molar-refractivity contribution in [3.63, 3.8) is 0 Å². The van der Waals surface area contributed by atoms with Gasteiger partial charge in [0.25, 0.3) is 0 Å². The fourth-order valence-corrected chi connectivity index (χ4v) is 1.61. The number of nitrogens with zero attached hydrogens (tertiary/aromatic N) is 1. The predicted octanol–water partition coefficient (Wildman–Crippen LogP) is 0.997. The van der Waals surface area contributed by atoms with Crippen LogP contribution in [0.2, 0.25) is 0 Å². The first-order valence-corrected chi connectivity index (χ1v) is 5.65. The monoisotopic (exact) mass is 278 g/mol. The van der Waals surface area contributed by atoms with E-state index in [-0.39, 0.29) is 18.4 Å². The number of hydrogen-bond acceptors (Lipinski definition) is 6. The van der Waals surface area contributed by atoms with E-state index in [9.17, 15) is 19.2 Å². The largest absolute Gasteiger partial charge is 0.478 e. The minimum absolute atomic E-state index is 0.0127. The Hall–Kier alpha value is -2.90. The molecule has 0 aliphatic carbocycles. The van der Waals surface area contributed by atoms with Crippen LogP contribution in [0.3, 0.4) is 0 Å². The van der Waals surface area contributed by atoms with Gasteiger partial charge >= 0.3 is 12.1 Å². The predicted molar refractivity (Wildman–Crippen MR) is 64.6 cm³/mol. The van der Waals surface area contributed by atoms with Crippen molar-refractivity contribution in [2.24, 2.45) is 0 Å². The topological polar surface area (TPSA) is 113 Å². The van der Waals surface area contributed by atoms with Gasteiger partial charge in [-0.05, 0) is 24.3 Å². The Kier molecular flexibility index (Phi) is 3.65. The number of nitrogens with one attached hydrogen (secondary N) is 1. The van der Waals surface area contributed by atoms with Gasteiger partial charge in [-0.1, -0.05) is 0 Å². The molecule has 1 saturated heterocycles. The average Bonchev–Trinajstić information content (AvgIpc) is 2.76. The van der Waals surface area contributed by atoms with E-state index in [0.717, 1.165) is 0 Å².